The molecule has 0 saturated carbocycles. The van der Waals surface area contributed by atoms with Gasteiger partial charge in [0.15, 0.2) is 11.5 Å². The van der Waals surface area contributed by atoms with E-state index in [-0.39, 0.29) is 53.7 Å². The van der Waals surface area contributed by atoms with E-state index in [2.05, 4.69) is 5.32 Å². The number of fused-ring (bicyclic) bond motifs is 2. The Morgan fingerprint density at radius 2 is 2.07 bits per heavy atom. The standard InChI is InChI=1S/C20H26N2O6/c1-20(2)8-11(5-7-28-20)18(24)21-9-13-12-4-6-22(3)19(25)14(12)15(23)17-16(13)26-10-27-17/h11,23H,4-10H2,1-3H3,(H,21,24). The van der Waals surface area contributed by atoms with Crippen molar-refractivity contribution in [2.75, 3.05) is 27.0 Å². The van der Waals surface area contributed by atoms with Crippen LogP contribution in [0, 0.1) is 5.92 Å². The molecule has 1 aromatic carbocycles. The number of ether oxygens (including phenoxy) is 3. The average molecular weight is 390 g/mol. The zero-order valence-corrected chi connectivity index (χ0v) is 16.5. The maximum atomic E-state index is 12.7. The second-order valence-electron chi connectivity index (χ2n) is 8.24. The predicted octanol–water partition coefficient (Wildman–Crippen LogP) is 1.57. The number of phenols is 1. The van der Waals surface area contributed by atoms with Crippen LogP contribution >= 0.6 is 0 Å². The van der Waals surface area contributed by atoms with E-state index in [1.807, 2.05) is 13.8 Å². The molecule has 0 spiro atoms. The molecular weight excluding hydrogens is 364 g/mol. The predicted molar refractivity (Wildman–Crippen MR) is 99.5 cm³/mol. The minimum absolute atomic E-state index is 0.0229. The van der Waals surface area contributed by atoms with Crippen LogP contribution in [0.5, 0.6) is 17.2 Å². The van der Waals surface area contributed by atoms with Crippen molar-refractivity contribution in [1.29, 1.82) is 0 Å². The number of likely N-dealkylation sites (N-methyl/N-ethyl adjacent to an activating group) is 1. The molecule has 0 aliphatic carbocycles. The topological polar surface area (TPSA) is 97.3 Å². The lowest BCUT2D eigenvalue weighted by Gasteiger charge is -2.34. The third-order valence-corrected chi connectivity index (χ3v) is 5.77. The summed E-state index contributed by atoms with van der Waals surface area (Å²) in [6, 6.07) is 0. The molecule has 2 N–H and O–H groups in total. The summed E-state index contributed by atoms with van der Waals surface area (Å²) in [5.41, 5.74) is 1.36. The van der Waals surface area contributed by atoms with E-state index >= 15 is 0 Å². The number of aromatic hydroxyl groups is 1. The molecule has 1 atom stereocenters. The Kier molecular flexibility index (Phi) is 4.61. The molecular formula is C20H26N2O6. The van der Waals surface area contributed by atoms with Crippen molar-refractivity contribution in [1.82, 2.24) is 10.2 Å². The van der Waals surface area contributed by atoms with E-state index < -0.39 is 0 Å². The van der Waals surface area contributed by atoms with Gasteiger partial charge in [-0.3, -0.25) is 9.59 Å². The number of nitrogens with one attached hydrogen (secondary N) is 1. The first-order chi connectivity index (χ1) is 13.3. The number of hydrogen-bond acceptors (Lipinski definition) is 6. The van der Waals surface area contributed by atoms with Crippen molar-refractivity contribution in [2.45, 2.75) is 45.3 Å². The molecule has 8 heteroatoms. The smallest absolute Gasteiger partial charge is 0.257 e. The van der Waals surface area contributed by atoms with Gasteiger partial charge in [0.05, 0.1) is 11.2 Å². The maximum Gasteiger partial charge on any atom is 0.257 e. The molecule has 0 bridgehead atoms. The Morgan fingerprint density at radius 1 is 1.32 bits per heavy atom. The molecule has 1 unspecified atom stereocenters. The molecule has 3 aliphatic rings. The second-order valence-corrected chi connectivity index (χ2v) is 8.24. The lowest BCUT2D eigenvalue weighted by molar-refractivity contribution is -0.135. The minimum atomic E-state index is -0.312. The lowest BCUT2D eigenvalue weighted by Crippen LogP contribution is -2.41. The first-order valence-corrected chi connectivity index (χ1v) is 9.62. The van der Waals surface area contributed by atoms with Crippen LogP contribution in [0.25, 0.3) is 0 Å². The van der Waals surface area contributed by atoms with Crippen LogP contribution in [0.2, 0.25) is 0 Å². The van der Waals surface area contributed by atoms with Crippen LogP contribution in [-0.4, -0.2) is 54.4 Å². The van der Waals surface area contributed by atoms with Gasteiger partial charge in [-0.25, -0.2) is 0 Å². The number of carbonyl (C=O) groups excluding carboxylic acids is 2. The second kappa shape index (κ2) is 6.84. The van der Waals surface area contributed by atoms with Gasteiger partial charge in [-0.05, 0) is 38.7 Å². The van der Waals surface area contributed by atoms with E-state index in [1.54, 1.807) is 11.9 Å². The van der Waals surface area contributed by atoms with E-state index in [0.29, 0.717) is 43.7 Å². The van der Waals surface area contributed by atoms with E-state index in [9.17, 15) is 14.7 Å². The zero-order chi connectivity index (χ0) is 20.1. The van der Waals surface area contributed by atoms with Gasteiger partial charge in [0.1, 0.15) is 0 Å². The largest absolute Gasteiger partial charge is 0.504 e. The molecule has 3 aliphatic heterocycles. The third kappa shape index (κ3) is 3.15. The van der Waals surface area contributed by atoms with Crippen LogP contribution in [0.3, 0.4) is 0 Å². The summed E-state index contributed by atoms with van der Waals surface area (Å²) < 4.78 is 16.7. The van der Waals surface area contributed by atoms with Crippen LogP contribution < -0.4 is 14.8 Å². The summed E-state index contributed by atoms with van der Waals surface area (Å²) in [4.78, 5) is 26.9. The lowest BCUT2D eigenvalue weighted by atomic mass is 9.87. The van der Waals surface area contributed by atoms with Crippen LogP contribution in [-0.2, 0) is 22.5 Å². The summed E-state index contributed by atoms with van der Waals surface area (Å²) in [6.45, 7) is 5.28. The quantitative estimate of drug-likeness (QED) is 0.813. The molecule has 1 saturated heterocycles. The Hall–Kier alpha value is -2.48. The SMILES string of the molecule is CN1CCc2c(CNC(=O)C3CCOC(C)(C)C3)c3c(c(O)c2C1=O)OCO3. The highest BCUT2D eigenvalue weighted by Gasteiger charge is 2.37. The number of nitrogens with zero attached hydrogens (tertiary/aromatic N) is 1. The van der Waals surface area contributed by atoms with Crippen molar-refractivity contribution < 1.29 is 28.9 Å². The van der Waals surface area contributed by atoms with Gasteiger partial charge in [-0.2, -0.15) is 0 Å². The highest BCUT2D eigenvalue weighted by atomic mass is 16.7. The molecule has 4 rings (SSSR count). The molecule has 3 heterocycles. The highest BCUT2D eigenvalue weighted by Crippen LogP contribution is 2.49. The van der Waals surface area contributed by atoms with Gasteiger partial charge in [-0.15, -0.1) is 0 Å². The maximum absolute atomic E-state index is 12.7. The third-order valence-electron chi connectivity index (χ3n) is 5.77. The first-order valence-electron chi connectivity index (χ1n) is 9.62. The Labute approximate surface area is 163 Å². The van der Waals surface area contributed by atoms with E-state index in [1.165, 1.54) is 0 Å². The van der Waals surface area contributed by atoms with Crippen LogP contribution in [0.4, 0.5) is 0 Å². The normalized spacial score (nSPS) is 22.8. The van der Waals surface area contributed by atoms with Gasteiger partial charge in [0, 0.05) is 38.2 Å². The summed E-state index contributed by atoms with van der Waals surface area (Å²) in [6.07, 6.45) is 1.93. The summed E-state index contributed by atoms with van der Waals surface area (Å²) in [5, 5.41) is 13.5. The number of amides is 2. The molecule has 1 fully saturated rings. The summed E-state index contributed by atoms with van der Waals surface area (Å²) >= 11 is 0. The fraction of sp³-hybridized carbons (Fsp3) is 0.600. The molecule has 8 nitrogen and oxygen atoms in total. The number of rotatable bonds is 3. The molecule has 2 amide bonds. The summed E-state index contributed by atoms with van der Waals surface area (Å²) in [5.74, 6) is 0.0102. The molecule has 0 aromatic heterocycles. The van der Waals surface area contributed by atoms with Gasteiger partial charge < -0.3 is 29.5 Å². The van der Waals surface area contributed by atoms with Crippen LogP contribution in [0.1, 0.15) is 48.2 Å². The van der Waals surface area contributed by atoms with Crippen molar-refractivity contribution in [3.63, 3.8) is 0 Å². The number of carbonyl (C=O) groups is 2. The van der Waals surface area contributed by atoms with Gasteiger partial charge in [-0.1, -0.05) is 0 Å². The minimum Gasteiger partial charge on any atom is -0.504 e. The van der Waals surface area contributed by atoms with Crippen molar-refractivity contribution in [2.24, 2.45) is 5.92 Å². The summed E-state index contributed by atoms with van der Waals surface area (Å²) in [7, 11) is 1.70. The fourth-order valence-electron chi connectivity index (χ4n) is 4.26. The van der Waals surface area contributed by atoms with E-state index in [4.69, 9.17) is 14.2 Å². The van der Waals surface area contributed by atoms with Gasteiger partial charge >= 0.3 is 0 Å². The Bertz CT molecular complexity index is 835. The average Bonchev–Trinajstić information content (AvgIpc) is 3.13. The highest BCUT2D eigenvalue weighted by molar-refractivity contribution is 6.01. The van der Waals surface area contributed by atoms with E-state index in [0.717, 1.165) is 5.56 Å². The number of hydrogen-bond donors (Lipinski definition) is 2. The van der Waals surface area contributed by atoms with Gasteiger partial charge in [0.25, 0.3) is 5.91 Å². The molecule has 0 radical (unpaired) electrons. The Balaban J connectivity index is 1.61. The fourth-order valence-corrected chi connectivity index (χ4v) is 4.26. The molecule has 152 valence electrons. The van der Waals surface area contributed by atoms with Crippen molar-refractivity contribution in [3.05, 3.63) is 16.7 Å². The zero-order valence-electron chi connectivity index (χ0n) is 16.5. The number of benzene rings is 1. The van der Waals surface area contributed by atoms with Gasteiger partial charge in [0.2, 0.25) is 18.4 Å². The van der Waals surface area contributed by atoms with Crippen molar-refractivity contribution in [3.8, 4) is 17.2 Å². The molecule has 28 heavy (non-hydrogen) atoms. The number of phenolic OH excluding ortho intramolecular Hbond substituents is 1. The van der Waals surface area contributed by atoms with Crippen LogP contribution in [0.15, 0.2) is 0 Å². The monoisotopic (exact) mass is 390 g/mol. The Morgan fingerprint density at radius 3 is 2.82 bits per heavy atom. The van der Waals surface area contributed by atoms with Crippen molar-refractivity contribution >= 4 is 11.8 Å². The molecule has 1 aromatic rings. The first kappa shape index (κ1) is 18.9.